The van der Waals surface area contributed by atoms with E-state index in [1.54, 1.807) is 11.3 Å². The van der Waals surface area contributed by atoms with Crippen LogP contribution in [0.1, 0.15) is 16.1 Å². The van der Waals surface area contributed by atoms with Gasteiger partial charge in [0.25, 0.3) is 0 Å². The van der Waals surface area contributed by atoms with Crippen molar-refractivity contribution in [3.05, 3.63) is 52.0 Å². The third-order valence-electron chi connectivity index (χ3n) is 2.66. The average molecular weight is 232 g/mol. The highest BCUT2D eigenvalue weighted by atomic mass is 32.1. The molecule has 2 N–H and O–H groups in total. The maximum Gasteiger partial charge on any atom is 0.0940 e. The van der Waals surface area contributed by atoms with Crippen LogP contribution in [-0.2, 0) is 12.8 Å². The first kappa shape index (κ1) is 11.3. The van der Waals surface area contributed by atoms with Crippen molar-refractivity contribution in [2.24, 2.45) is 5.73 Å². The predicted octanol–water partition coefficient (Wildman–Crippen LogP) is 2.56. The number of thiazole rings is 1. The Labute approximate surface area is 100 Å². The zero-order valence-corrected chi connectivity index (χ0v) is 10.2. The minimum absolute atomic E-state index is 0.159. The Hall–Kier alpha value is -1.19. The second-order valence-electron chi connectivity index (χ2n) is 4.02. The maximum absolute atomic E-state index is 6.13. The van der Waals surface area contributed by atoms with Gasteiger partial charge in [-0.05, 0) is 24.5 Å². The summed E-state index contributed by atoms with van der Waals surface area (Å²) in [7, 11) is 0. The fourth-order valence-electron chi connectivity index (χ4n) is 1.77. The fourth-order valence-corrected chi connectivity index (χ4v) is 2.48. The highest BCUT2D eigenvalue weighted by molar-refractivity contribution is 7.09. The molecule has 16 heavy (non-hydrogen) atoms. The van der Waals surface area contributed by atoms with Crippen molar-refractivity contribution in [3.8, 4) is 0 Å². The summed E-state index contributed by atoms with van der Waals surface area (Å²) >= 11 is 1.67. The van der Waals surface area contributed by atoms with Gasteiger partial charge in [0, 0.05) is 24.0 Å². The molecule has 84 valence electrons. The van der Waals surface area contributed by atoms with Crippen LogP contribution in [0.25, 0.3) is 0 Å². The second kappa shape index (κ2) is 5.23. The Kier molecular flexibility index (Phi) is 3.70. The van der Waals surface area contributed by atoms with Crippen molar-refractivity contribution in [1.29, 1.82) is 0 Å². The van der Waals surface area contributed by atoms with Gasteiger partial charge in [-0.2, -0.15) is 0 Å². The van der Waals surface area contributed by atoms with Crippen LogP contribution < -0.4 is 5.73 Å². The van der Waals surface area contributed by atoms with E-state index in [4.69, 9.17) is 5.73 Å². The first-order valence-corrected chi connectivity index (χ1v) is 6.32. The summed E-state index contributed by atoms with van der Waals surface area (Å²) in [5.41, 5.74) is 8.79. The van der Waals surface area contributed by atoms with E-state index >= 15 is 0 Å². The van der Waals surface area contributed by atoms with Crippen LogP contribution in [0.5, 0.6) is 0 Å². The SMILES string of the molecule is Cc1ccccc1CC(N)Cc1nccs1. The topological polar surface area (TPSA) is 38.9 Å². The summed E-state index contributed by atoms with van der Waals surface area (Å²) in [4.78, 5) is 4.26. The zero-order valence-electron chi connectivity index (χ0n) is 9.39. The van der Waals surface area contributed by atoms with Crippen LogP contribution in [0.15, 0.2) is 35.8 Å². The van der Waals surface area contributed by atoms with E-state index in [9.17, 15) is 0 Å². The van der Waals surface area contributed by atoms with Crippen LogP contribution in [-0.4, -0.2) is 11.0 Å². The normalized spacial score (nSPS) is 12.6. The van der Waals surface area contributed by atoms with Crippen molar-refractivity contribution in [1.82, 2.24) is 4.98 Å². The lowest BCUT2D eigenvalue weighted by atomic mass is 10.0. The molecule has 0 aliphatic heterocycles. The molecular weight excluding hydrogens is 216 g/mol. The Morgan fingerprint density at radius 1 is 1.31 bits per heavy atom. The molecule has 1 heterocycles. The first-order chi connectivity index (χ1) is 7.75. The molecule has 1 aromatic carbocycles. The minimum Gasteiger partial charge on any atom is -0.327 e. The molecule has 1 aromatic heterocycles. The van der Waals surface area contributed by atoms with E-state index in [-0.39, 0.29) is 6.04 Å². The average Bonchev–Trinajstić information content (AvgIpc) is 2.74. The Morgan fingerprint density at radius 3 is 2.81 bits per heavy atom. The third-order valence-corrected chi connectivity index (χ3v) is 3.47. The van der Waals surface area contributed by atoms with Crippen LogP contribution >= 0.6 is 11.3 Å². The zero-order chi connectivity index (χ0) is 11.4. The van der Waals surface area contributed by atoms with E-state index in [2.05, 4.69) is 36.2 Å². The molecule has 0 fully saturated rings. The summed E-state index contributed by atoms with van der Waals surface area (Å²) in [5.74, 6) is 0. The standard InChI is InChI=1S/C13H16N2S/c1-10-4-2-3-5-11(10)8-12(14)9-13-15-6-7-16-13/h2-7,12H,8-9,14H2,1H3. The molecule has 3 heteroatoms. The minimum atomic E-state index is 0.159. The summed E-state index contributed by atoms with van der Waals surface area (Å²) in [6.07, 6.45) is 3.62. The molecule has 0 saturated heterocycles. The molecule has 0 bridgehead atoms. The van der Waals surface area contributed by atoms with Crippen LogP contribution in [0, 0.1) is 6.92 Å². The highest BCUT2D eigenvalue weighted by Crippen LogP contribution is 2.12. The van der Waals surface area contributed by atoms with Gasteiger partial charge in [0.05, 0.1) is 5.01 Å². The van der Waals surface area contributed by atoms with Crippen molar-refractivity contribution in [2.75, 3.05) is 0 Å². The predicted molar refractivity (Wildman–Crippen MR) is 68.7 cm³/mol. The summed E-state index contributed by atoms with van der Waals surface area (Å²) < 4.78 is 0. The monoisotopic (exact) mass is 232 g/mol. The molecule has 0 radical (unpaired) electrons. The van der Waals surface area contributed by atoms with Gasteiger partial charge in [0.2, 0.25) is 0 Å². The molecule has 0 aliphatic carbocycles. The Balaban J connectivity index is 1.97. The lowest BCUT2D eigenvalue weighted by molar-refractivity contribution is 0.660. The largest absolute Gasteiger partial charge is 0.327 e. The number of nitrogens with two attached hydrogens (primary N) is 1. The molecule has 2 aromatic rings. The first-order valence-electron chi connectivity index (χ1n) is 5.44. The smallest absolute Gasteiger partial charge is 0.0940 e. The van der Waals surface area contributed by atoms with Crippen molar-refractivity contribution < 1.29 is 0 Å². The maximum atomic E-state index is 6.13. The van der Waals surface area contributed by atoms with Crippen LogP contribution in [0.4, 0.5) is 0 Å². The molecule has 1 unspecified atom stereocenters. The van der Waals surface area contributed by atoms with Gasteiger partial charge in [-0.15, -0.1) is 11.3 Å². The van der Waals surface area contributed by atoms with Gasteiger partial charge in [-0.25, -0.2) is 4.98 Å². The summed E-state index contributed by atoms with van der Waals surface area (Å²) in [5, 5.41) is 3.12. The van der Waals surface area contributed by atoms with Crippen molar-refractivity contribution in [2.45, 2.75) is 25.8 Å². The molecule has 0 aliphatic rings. The molecular formula is C13H16N2S. The molecule has 0 amide bonds. The van der Waals surface area contributed by atoms with Crippen molar-refractivity contribution >= 4 is 11.3 Å². The Morgan fingerprint density at radius 2 is 2.12 bits per heavy atom. The third kappa shape index (κ3) is 2.90. The van der Waals surface area contributed by atoms with E-state index in [0.29, 0.717) is 0 Å². The lowest BCUT2D eigenvalue weighted by Gasteiger charge is -2.11. The fraction of sp³-hybridized carbons (Fsp3) is 0.308. The number of hydrogen-bond donors (Lipinski definition) is 1. The lowest BCUT2D eigenvalue weighted by Crippen LogP contribution is -2.25. The highest BCUT2D eigenvalue weighted by Gasteiger charge is 2.08. The molecule has 0 saturated carbocycles. The molecule has 0 spiro atoms. The van der Waals surface area contributed by atoms with Gasteiger partial charge in [-0.3, -0.25) is 0 Å². The number of benzene rings is 1. The number of aromatic nitrogens is 1. The van der Waals surface area contributed by atoms with Gasteiger partial charge >= 0.3 is 0 Å². The van der Waals surface area contributed by atoms with Gasteiger partial charge in [0.15, 0.2) is 0 Å². The van der Waals surface area contributed by atoms with E-state index in [1.807, 2.05) is 11.6 Å². The van der Waals surface area contributed by atoms with Gasteiger partial charge in [-0.1, -0.05) is 24.3 Å². The Bertz CT molecular complexity index is 437. The van der Waals surface area contributed by atoms with Gasteiger partial charge < -0.3 is 5.73 Å². The quantitative estimate of drug-likeness (QED) is 0.880. The number of aryl methyl sites for hydroxylation is 1. The van der Waals surface area contributed by atoms with Crippen LogP contribution in [0.2, 0.25) is 0 Å². The number of nitrogens with zero attached hydrogens (tertiary/aromatic N) is 1. The van der Waals surface area contributed by atoms with Crippen LogP contribution in [0.3, 0.4) is 0 Å². The summed E-state index contributed by atoms with van der Waals surface area (Å²) in [6.45, 7) is 2.13. The number of hydrogen-bond acceptors (Lipinski definition) is 3. The summed E-state index contributed by atoms with van der Waals surface area (Å²) in [6, 6.07) is 8.57. The number of rotatable bonds is 4. The van der Waals surface area contributed by atoms with E-state index < -0.39 is 0 Å². The van der Waals surface area contributed by atoms with Gasteiger partial charge in [0.1, 0.15) is 0 Å². The second-order valence-corrected chi connectivity index (χ2v) is 5.00. The molecule has 2 nitrogen and oxygen atoms in total. The molecule has 2 rings (SSSR count). The van der Waals surface area contributed by atoms with E-state index in [0.717, 1.165) is 17.8 Å². The van der Waals surface area contributed by atoms with E-state index in [1.165, 1.54) is 11.1 Å². The van der Waals surface area contributed by atoms with Crippen molar-refractivity contribution in [3.63, 3.8) is 0 Å². The molecule has 1 atom stereocenters.